The van der Waals surface area contributed by atoms with Gasteiger partial charge in [-0.15, -0.1) is 11.3 Å². The Labute approximate surface area is 180 Å². The van der Waals surface area contributed by atoms with Crippen LogP contribution in [0.2, 0.25) is 0 Å². The third-order valence-corrected chi connectivity index (χ3v) is 8.17. The van der Waals surface area contributed by atoms with Gasteiger partial charge in [-0.1, -0.05) is 30.3 Å². The van der Waals surface area contributed by atoms with Crippen LogP contribution in [0, 0.1) is 0 Å². The van der Waals surface area contributed by atoms with Crippen molar-refractivity contribution in [1.82, 2.24) is 9.97 Å². The van der Waals surface area contributed by atoms with Crippen LogP contribution >= 0.6 is 11.3 Å². The molecule has 2 aromatic carbocycles. The summed E-state index contributed by atoms with van der Waals surface area (Å²) >= 11 is 1.36. The topological polar surface area (TPSA) is 63.2 Å². The summed E-state index contributed by atoms with van der Waals surface area (Å²) in [6.07, 6.45) is 5.60. The second-order valence-electron chi connectivity index (χ2n) is 7.46. The van der Waals surface area contributed by atoms with Crippen molar-refractivity contribution in [3.05, 3.63) is 82.9 Å². The van der Waals surface area contributed by atoms with Gasteiger partial charge in [0, 0.05) is 29.7 Å². The summed E-state index contributed by atoms with van der Waals surface area (Å²) < 4.78 is 25.7. The largest absolute Gasteiger partial charge is 0.349 e. The van der Waals surface area contributed by atoms with Crippen LogP contribution in [0.1, 0.15) is 29.5 Å². The van der Waals surface area contributed by atoms with Crippen LogP contribution in [-0.4, -0.2) is 24.9 Å². The molecular formula is C23H21N3O2S2. The standard InChI is InChI=1S/C23H21N3O2S2/c27-30(28,16-22-24-12-14-29-22)19-8-9-20-18(15-19)10-11-25-23(20)26-13-4-7-21(26)17-5-2-1-3-6-17/h1-3,5-6,8-12,14-15,21H,4,7,13,16H2. The Balaban J connectivity index is 1.52. The summed E-state index contributed by atoms with van der Waals surface area (Å²) in [5.74, 6) is 0.846. The third kappa shape index (κ3) is 3.59. The Hall–Kier alpha value is -2.77. The Morgan fingerprint density at radius 2 is 1.90 bits per heavy atom. The zero-order chi connectivity index (χ0) is 20.6. The molecule has 1 unspecified atom stereocenters. The number of aromatic nitrogens is 2. The number of pyridine rings is 1. The Bertz CT molecular complexity index is 1270. The monoisotopic (exact) mass is 435 g/mol. The maximum atomic E-state index is 12.9. The van der Waals surface area contributed by atoms with Gasteiger partial charge in [0.1, 0.15) is 16.6 Å². The van der Waals surface area contributed by atoms with E-state index in [0.717, 1.165) is 36.0 Å². The van der Waals surface area contributed by atoms with E-state index in [2.05, 4.69) is 39.1 Å². The summed E-state index contributed by atoms with van der Waals surface area (Å²) in [7, 11) is -3.45. The molecule has 1 atom stereocenters. The van der Waals surface area contributed by atoms with Gasteiger partial charge < -0.3 is 4.90 Å². The predicted molar refractivity (Wildman–Crippen MR) is 121 cm³/mol. The average Bonchev–Trinajstić information content (AvgIpc) is 3.45. The lowest BCUT2D eigenvalue weighted by atomic mass is 10.0. The van der Waals surface area contributed by atoms with Gasteiger partial charge in [-0.2, -0.15) is 0 Å². The highest BCUT2D eigenvalue weighted by Crippen LogP contribution is 2.38. The van der Waals surface area contributed by atoms with Gasteiger partial charge in [-0.3, -0.25) is 0 Å². The first-order valence-electron chi connectivity index (χ1n) is 9.93. The van der Waals surface area contributed by atoms with Crippen LogP contribution in [0.5, 0.6) is 0 Å². The van der Waals surface area contributed by atoms with E-state index in [4.69, 9.17) is 0 Å². The summed E-state index contributed by atoms with van der Waals surface area (Å²) in [5, 5.41) is 4.27. The molecular weight excluding hydrogens is 414 g/mol. The minimum absolute atomic E-state index is 0.0731. The second kappa shape index (κ2) is 7.81. The maximum Gasteiger partial charge on any atom is 0.184 e. The Morgan fingerprint density at radius 1 is 1.03 bits per heavy atom. The van der Waals surface area contributed by atoms with Crippen molar-refractivity contribution < 1.29 is 8.42 Å². The molecule has 0 saturated carbocycles. The molecule has 1 fully saturated rings. The van der Waals surface area contributed by atoms with Crippen molar-refractivity contribution in [2.24, 2.45) is 0 Å². The molecule has 1 aliphatic rings. The first-order valence-corrected chi connectivity index (χ1v) is 12.5. The number of fused-ring (bicyclic) bond motifs is 1. The fraction of sp³-hybridized carbons (Fsp3) is 0.217. The van der Waals surface area contributed by atoms with Gasteiger partial charge >= 0.3 is 0 Å². The Morgan fingerprint density at radius 3 is 2.70 bits per heavy atom. The van der Waals surface area contributed by atoms with Gasteiger partial charge in [0.15, 0.2) is 9.84 Å². The normalized spacial score (nSPS) is 16.9. The molecule has 1 saturated heterocycles. The minimum atomic E-state index is -3.45. The molecule has 0 amide bonds. The number of thiazole rings is 1. The van der Waals surface area contributed by atoms with Crippen molar-refractivity contribution in [2.75, 3.05) is 11.4 Å². The van der Waals surface area contributed by atoms with E-state index < -0.39 is 9.84 Å². The number of benzene rings is 2. The molecule has 0 N–H and O–H groups in total. The lowest BCUT2D eigenvalue weighted by molar-refractivity contribution is 0.595. The SMILES string of the molecule is O=S(=O)(Cc1nccs1)c1ccc2c(N3CCCC3c3ccccc3)nccc2c1. The summed E-state index contributed by atoms with van der Waals surface area (Å²) in [4.78, 5) is 11.5. The van der Waals surface area contributed by atoms with Gasteiger partial charge in [0.2, 0.25) is 0 Å². The van der Waals surface area contributed by atoms with Crippen molar-refractivity contribution in [2.45, 2.75) is 29.5 Å². The van der Waals surface area contributed by atoms with Crippen molar-refractivity contribution >= 4 is 37.8 Å². The van der Waals surface area contributed by atoms with Crippen molar-refractivity contribution in [3.63, 3.8) is 0 Å². The van der Waals surface area contributed by atoms with Crippen molar-refractivity contribution in [3.8, 4) is 0 Å². The summed E-state index contributed by atoms with van der Waals surface area (Å²) in [5.41, 5.74) is 1.29. The summed E-state index contributed by atoms with van der Waals surface area (Å²) in [6, 6.07) is 18.0. The predicted octanol–water partition coefficient (Wildman–Crippen LogP) is 5.01. The molecule has 152 valence electrons. The smallest absolute Gasteiger partial charge is 0.184 e. The van der Waals surface area contributed by atoms with Crippen LogP contribution in [0.3, 0.4) is 0 Å². The minimum Gasteiger partial charge on any atom is -0.349 e. The number of nitrogens with zero attached hydrogens (tertiary/aromatic N) is 3. The number of anilines is 1. The first kappa shape index (κ1) is 19.2. The molecule has 4 aromatic rings. The molecule has 0 radical (unpaired) electrons. The zero-order valence-corrected chi connectivity index (χ0v) is 17.9. The number of rotatable bonds is 5. The van der Waals surface area contributed by atoms with E-state index in [0.29, 0.717) is 9.90 Å². The van der Waals surface area contributed by atoms with Gasteiger partial charge in [-0.25, -0.2) is 18.4 Å². The average molecular weight is 436 g/mol. The van der Waals surface area contributed by atoms with E-state index in [1.165, 1.54) is 16.9 Å². The molecule has 2 aromatic heterocycles. The molecule has 0 bridgehead atoms. The highest BCUT2D eigenvalue weighted by Gasteiger charge is 2.28. The van der Waals surface area contributed by atoms with E-state index in [1.807, 2.05) is 18.2 Å². The lowest BCUT2D eigenvalue weighted by Crippen LogP contribution is -2.23. The third-order valence-electron chi connectivity index (χ3n) is 5.58. The number of hydrogen-bond donors (Lipinski definition) is 0. The van der Waals surface area contributed by atoms with Gasteiger partial charge in [0.05, 0.1) is 10.9 Å². The lowest BCUT2D eigenvalue weighted by Gasteiger charge is -2.27. The molecule has 0 spiro atoms. The molecule has 3 heterocycles. The second-order valence-corrected chi connectivity index (χ2v) is 10.4. The van der Waals surface area contributed by atoms with Crippen molar-refractivity contribution in [1.29, 1.82) is 0 Å². The van der Waals surface area contributed by atoms with E-state index in [9.17, 15) is 8.42 Å². The molecule has 5 nitrogen and oxygen atoms in total. The van der Waals surface area contributed by atoms with Gasteiger partial charge in [-0.05, 0) is 48.1 Å². The van der Waals surface area contributed by atoms with E-state index in [1.54, 1.807) is 29.9 Å². The maximum absolute atomic E-state index is 12.9. The Kier molecular flexibility index (Phi) is 5.00. The molecule has 0 aliphatic carbocycles. The quantitative estimate of drug-likeness (QED) is 0.441. The molecule has 5 rings (SSSR count). The zero-order valence-electron chi connectivity index (χ0n) is 16.3. The first-order chi connectivity index (χ1) is 14.6. The number of sulfone groups is 1. The van der Waals surface area contributed by atoms with Gasteiger partial charge in [0.25, 0.3) is 0 Å². The van der Waals surface area contributed by atoms with Crippen LogP contribution in [0.25, 0.3) is 10.8 Å². The molecule has 30 heavy (non-hydrogen) atoms. The highest BCUT2D eigenvalue weighted by molar-refractivity contribution is 7.90. The highest BCUT2D eigenvalue weighted by atomic mass is 32.2. The van der Waals surface area contributed by atoms with E-state index >= 15 is 0 Å². The summed E-state index contributed by atoms with van der Waals surface area (Å²) in [6.45, 7) is 0.940. The fourth-order valence-electron chi connectivity index (χ4n) is 4.17. The molecule has 7 heteroatoms. The van der Waals surface area contributed by atoms with E-state index in [-0.39, 0.29) is 11.8 Å². The van der Waals surface area contributed by atoms with Crippen LogP contribution in [-0.2, 0) is 15.6 Å². The van der Waals surface area contributed by atoms with Crippen LogP contribution in [0.15, 0.2) is 77.3 Å². The number of hydrogen-bond acceptors (Lipinski definition) is 6. The van der Waals surface area contributed by atoms with Crippen LogP contribution in [0.4, 0.5) is 5.82 Å². The fourth-order valence-corrected chi connectivity index (χ4v) is 6.46. The van der Waals surface area contributed by atoms with Crippen LogP contribution < -0.4 is 4.90 Å². The molecule has 1 aliphatic heterocycles.